The van der Waals surface area contributed by atoms with Crippen LogP contribution < -0.4 is 4.90 Å². The minimum atomic E-state index is 1.03. The number of rotatable bonds is 8. The Balaban J connectivity index is 0.000000315. The molecule has 0 unspecified atom stereocenters. The second-order valence-corrected chi connectivity index (χ2v) is 15.2. The number of anilines is 3. The van der Waals surface area contributed by atoms with Gasteiger partial charge in [-0.1, -0.05) is 188 Å². The zero-order valence-electron chi connectivity index (χ0n) is 36.7. The highest BCUT2D eigenvalue weighted by Gasteiger charge is 2.19. The molecular weight excluding hydrogens is 749 g/mol. The summed E-state index contributed by atoms with van der Waals surface area (Å²) in [6, 6.07) is 64.2. The van der Waals surface area contributed by atoms with Crippen LogP contribution in [0.3, 0.4) is 0 Å². The Morgan fingerprint density at radius 2 is 0.968 bits per heavy atom. The molecule has 0 aliphatic heterocycles. The molecule has 0 N–H and O–H groups in total. The van der Waals surface area contributed by atoms with Crippen molar-refractivity contribution >= 4 is 40.1 Å². The molecule has 1 aliphatic rings. The predicted octanol–water partition coefficient (Wildman–Crippen LogP) is 17.5. The van der Waals surface area contributed by atoms with Gasteiger partial charge in [0.25, 0.3) is 0 Å². The average Bonchev–Trinajstić information content (AvgIpc) is 3.64. The van der Waals surface area contributed by atoms with Gasteiger partial charge in [-0.05, 0) is 123 Å². The largest absolute Gasteiger partial charge is 0.310 e. The number of allylic oxidation sites excluding steroid dienone is 5. The van der Waals surface area contributed by atoms with Crippen LogP contribution >= 0.6 is 0 Å². The van der Waals surface area contributed by atoms with Crippen molar-refractivity contribution in [3.63, 3.8) is 0 Å². The van der Waals surface area contributed by atoms with Gasteiger partial charge in [0, 0.05) is 33.7 Å². The van der Waals surface area contributed by atoms with E-state index in [0.29, 0.717) is 0 Å². The number of aromatic nitrogens is 1. The SMILES string of the molecule is C=CC.C=Cc1c(C=C)n(-c2ccccc2)c2ccc(N(c3ccccc3)c3ccc(-c4ccc(-c5ccc(C)cc5)cc4)cc3)cc12.CC1=CCCC=C1.Cc1ccccc1. The Morgan fingerprint density at radius 3 is 1.42 bits per heavy atom. The van der Waals surface area contributed by atoms with Crippen molar-refractivity contribution in [2.24, 2.45) is 0 Å². The highest BCUT2D eigenvalue weighted by atomic mass is 15.1. The van der Waals surface area contributed by atoms with Crippen LogP contribution in [0, 0.1) is 13.8 Å². The number of aryl methyl sites for hydroxylation is 2. The maximum absolute atomic E-state index is 4.18. The minimum Gasteiger partial charge on any atom is -0.310 e. The van der Waals surface area contributed by atoms with Crippen molar-refractivity contribution in [1.29, 1.82) is 0 Å². The zero-order valence-corrected chi connectivity index (χ0v) is 36.7. The van der Waals surface area contributed by atoms with Gasteiger partial charge in [0.05, 0.1) is 11.2 Å². The minimum absolute atomic E-state index is 1.03. The van der Waals surface area contributed by atoms with Gasteiger partial charge in [-0.2, -0.15) is 0 Å². The van der Waals surface area contributed by atoms with Crippen molar-refractivity contribution in [3.05, 3.63) is 254 Å². The maximum Gasteiger partial charge on any atom is 0.0542 e. The van der Waals surface area contributed by atoms with Gasteiger partial charge in [0.15, 0.2) is 0 Å². The molecule has 0 spiro atoms. The molecule has 9 rings (SSSR count). The highest BCUT2D eigenvalue weighted by Crippen LogP contribution is 2.40. The van der Waals surface area contributed by atoms with Crippen molar-refractivity contribution in [2.45, 2.75) is 40.5 Å². The van der Waals surface area contributed by atoms with Crippen molar-refractivity contribution < 1.29 is 0 Å². The first-order valence-electron chi connectivity index (χ1n) is 21.4. The molecule has 308 valence electrons. The summed E-state index contributed by atoms with van der Waals surface area (Å²) in [5.74, 6) is 0. The van der Waals surface area contributed by atoms with E-state index in [0.717, 1.165) is 44.9 Å². The maximum atomic E-state index is 4.18. The highest BCUT2D eigenvalue weighted by molar-refractivity contribution is 5.98. The molecule has 62 heavy (non-hydrogen) atoms. The molecule has 0 saturated heterocycles. The van der Waals surface area contributed by atoms with E-state index in [-0.39, 0.29) is 0 Å². The van der Waals surface area contributed by atoms with E-state index in [2.05, 4.69) is 226 Å². The molecule has 0 bridgehead atoms. The molecule has 2 nitrogen and oxygen atoms in total. The molecule has 1 aromatic heterocycles. The summed E-state index contributed by atoms with van der Waals surface area (Å²) in [6.07, 6.45) is 14.7. The molecular formula is C60H58N2. The standard InChI is InChI=1S/C43H34N2.C7H10.C7H8.C3H6/c1-4-40-41-30-39(28-29-43(41)45(42(40)5-2)37-14-10-7-11-15-37)44(36-12-8-6-9-13-36)38-26-24-35(25-27-38)34-22-20-33(21-23-34)32-18-16-31(3)17-19-32;2*1-7-5-3-2-4-6-7;1-3-2/h4-30H,1-2H2,3H3;3,5-6H,2,4H2,1H3;2-6H,1H3;3H,1H2,2H3. The van der Waals surface area contributed by atoms with Crippen LogP contribution in [0.2, 0.25) is 0 Å². The van der Waals surface area contributed by atoms with Crippen molar-refractivity contribution in [3.8, 4) is 27.9 Å². The van der Waals surface area contributed by atoms with Crippen LogP contribution in [0.4, 0.5) is 17.1 Å². The van der Waals surface area contributed by atoms with Gasteiger partial charge >= 0.3 is 0 Å². The Bertz CT molecular complexity index is 2710. The lowest BCUT2D eigenvalue weighted by molar-refractivity contribution is 1.02. The number of para-hydroxylation sites is 2. The molecule has 2 heteroatoms. The topological polar surface area (TPSA) is 8.17 Å². The summed E-state index contributed by atoms with van der Waals surface area (Å²) in [4.78, 5) is 2.31. The quantitative estimate of drug-likeness (QED) is 0.139. The number of fused-ring (bicyclic) bond motifs is 1. The van der Waals surface area contributed by atoms with E-state index < -0.39 is 0 Å². The lowest BCUT2D eigenvalue weighted by Gasteiger charge is -2.26. The van der Waals surface area contributed by atoms with Gasteiger partial charge in [0.2, 0.25) is 0 Å². The van der Waals surface area contributed by atoms with E-state index in [1.165, 1.54) is 51.8 Å². The fourth-order valence-electron chi connectivity index (χ4n) is 7.44. The van der Waals surface area contributed by atoms with E-state index in [9.17, 15) is 0 Å². The van der Waals surface area contributed by atoms with E-state index in [1.54, 1.807) is 6.08 Å². The molecule has 0 atom stereocenters. The smallest absolute Gasteiger partial charge is 0.0542 e. The zero-order chi connectivity index (χ0) is 43.7. The lowest BCUT2D eigenvalue weighted by Crippen LogP contribution is -2.09. The second-order valence-electron chi connectivity index (χ2n) is 15.2. The van der Waals surface area contributed by atoms with Gasteiger partial charge in [-0.25, -0.2) is 0 Å². The Hall–Kier alpha value is -7.42. The lowest BCUT2D eigenvalue weighted by atomic mass is 9.99. The molecule has 0 radical (unpaired) electrons. The van der Waals surface area contributed by atoms with Crippen LogP contribution in [0.5, 0.6) is 0 Å². The van der Waals surface area contributed by atoms with Crippen LogP contribution in [-0.4, -0.2) is 4.57 Å². The third-order valence-corrected chi connectivity index (χ3v) is 10.6. The number of hydrogen-bond acceptors (Lipinski definition) is 1. The fourth-order valence-corrected chi connectivity index (χ4v) is 7.44. The second kappa shape index (κ2) is 22.3. The Morgan fingerprint density at radius 1 is 0.500 bits per heavy atom. The number of hydrogen-bond donors (Lipinski definition) is 0. The molecule has 0 amide bonds. The van der Waals surface area contributed by atoms with Crippen molar-refractivity contribution in [1.82, 2.24) is 4.57 Å². The van der Waals surface area contributed by atoms with Crippen LogP contribution in [0.25, 0.3) is 51.0 Å². The van der Waals surface area contributed by atoms with E-state index >= 15 is 0 Å². The van der Waals surface area contributed by atoms with Crippen molar-refractivity contribution in [2.75, 3.05) is 4.90 Å². The molecule has 1 heterocycles. The third kappa shape index (κ3) is 11.2. The summed E-state index contributed by atoms with van der Waals surface area (Å²) in [5.41, 5.74) is 16.4. The van der Waals surface area contributed by atoms with Gasteiger partial charge < -0.3 is 9.47 Å². The summed E-state index contributed by atoms with van der Waals surface area (Å²) in [6.45, 7) is 19.9. The molecule has 0 fully saturated rings. The summed E-state index contributed by atoms with van der Waals surface area (Å²) < 4.78 is 2.26. The Labute approximate surface area is 370 Å². The van der Waals surface area contributed by atoms with E-state index in [4.69, 9.17) is 0 Å². The normalized spacial score (nSPS) is 11.3. The van der Waals surface area contributed by atoms with Crippen LogP contribution in [0.15, 0.2) is 232 Å². The van der Waals surface area contributed by atoms with Gasteiger partial charge in [-0.15, -0.1) is 6.58 Å². The Kier molecular flexibility index (Phi) is 15.8. The average molecular weight is 807 g/mol. The molecule has 7 aromatic carbocycles. The third-order valence-electron chi connectivity index (χ3n) is 10.6. The van der Waals surface area contributed by atoms with Gasteiger partial charge in [-0.3, -0.25) is 0 Å². The van der Waals surface area contributed by atoms with Gasteiger partial charge in [0.1, 0.15) is 0 Å². The first kappa shape index (κ1) is 44.1. The van der Waals surface area contributed by atoms with Crippen LogP contribution in [0.1, 0.15) is 49.1 Å². The molecule has 0 saturated carbocycles. The summed E-state index contributed by atoms with van der Waals surface area (Å²) in [5, 5.41) is 1.13. The first-order chi connectivity index (χ1) is 30.3. The number of benzene rings is 7. The number of nitrogens with zero attached hydrogens (tertiary/aromatic N) is 2. The predicted molar refractivity (Wildman–Crippen MR) is 273 cm³/mol. The van der Waals surface area contributed by atoms with E-state index in [1.807, 2.05) is 43.3 Å². The molecule has 1 aliphatic carbocycles. The van der Waals surface area contributed by atoms with Crippen LogP contribution in [-0.2, 0) is 0 Å². The monoisotopic (exact) mass is 806 g/mol. The summed E-state index contributed by atoms with van der Waals surface area (Å²) >= 11 is 0. The first-order valence-corrected chi connectivity index (χ1v) is 21.4. The fraction of sp³-hybridized carbons (Fsp3) is 0.100. The molecule has 8 aromatic rings. The summed E-state index contributed by atoms with van der Waals surface area (Å²) in [7, 11) is 0.